The van der Waals surface area contributed by atoms with Crippen LogP contribution in [0.1, 0.15) is 25.7 Å². The van der Waals surface area contributed by atoms with Gasteiger partial charge in [0.25, 0.3) is 0 Å². The summed E-state index contributed by atoms with van der Waals surface area (Å²) >= 11 is 0. The monoisotopic (exact) mass is 239 g/mol. The summed E-state index contributed by atoms with van der Waals surface area (Å²) < 4.78 is 35.4. The van der Waals surface area contributed by atoms with Gasteiger partial charge in [0.05, 0.1) is 0 Å². The molecule has 2 amide bonds. The van der Waals surface area contributed by atoms with Crippen molar-refractivity contribution in [1.82, 2.24) is 10.6 Å². The highest BCUT2D eigenvalue weighted by Gasteiger charge is 2.29. The van der Waals surface area contributed by atoms with Gasteiger partial charge in [-0.2, -0.15) is 13.2 Å². The van der Waals surface area contributed by atoms with Crippen LogP contribution < -0.4 is 16.4 Å². The fraction of sp³-hybridized carbons (Fsp3) is 0.889. The molecule has 2 atom stereocenters. The van der Waals surface area contributed by atoms with E-state index < -0.39 is 18.8 Å². The topological polar surface area (TPSA) is 67.1 Å². The van der Waals surface area contributed by atoms with Crippen LogP contribution in [-0.2, 0) is 0 Å². The Morgan fingerprint density at radius 3 is 2.50 bits per heavy atom. The van der Waals surface area contributed by atoms with Gasteiger partial charge in [-0.3, -0.25) is 0 Å². The van der Waals surface area contributed by atoms with Crippen LogP contribution >= 0.6 is 0 Å². The number of alkyl halides is 3. The number of nitrogens with two attached hydrogens (primary N) is 1. The van der Waals surface area contributed by atoms with Crippen molar-refractivity contribution in [2.75, 3.05) is 6.54 Å². The number of carbonyl (C=O) groups is 1. The maximum Gasteiger partial charge on any atom is 0.405 e. The van der Waals surface area contributed by atoms with Crippen LogP contribution in [0.4, 0.5) is 18.0 Å². The summed E-state index contributed by atoms with van der Waals surface area (Å²) in [4.78, 5) is 11.1. The molecule has 16 heavy (non-hydrogen) atoms. The first-order valence-corrected chi connectivity index (χ1v) is 5.25. The number of hydrogen-bond acceptors (Lipinski definition) is 2. The molecule has 1 aliphatic rings. The number of rotatable bonds is 2. The molecule has 1 saturated carbocycles. The maximum atomic E-state index is 11.8. The van der Waals surface area contributed by atoms with Gasteiger partial charge in [0, 0.05) is 12.1 Å². The highest BCUT2D eigenvalue weighted by atomic mass is 19.4. The normalized spacial score (nSPS) is 26.2. The summed E-state index contributed by atoms with van der Waals surface area (Å²) in [5, 5.41) is 4.23. The Morgan fingerprint density at radius 1 is 1.31 bits per heavy atom. The van der Waals surface area contributed by atoms with Gasteiger partial charge in [0.15, 0.2) is 0 Å². The van der Waals surface area contributed by atoms with Crippen molar-refractivity contribution in [3.63, 3.8) is 0 Å². The molecule has 4 N–H and O–H groups in total. The molecule has 0 radical (unpaired) electrons. The minimum atomic E-state index is -4.38. The maximum absolute atomic E-state index is 11.8. The number of nitrogens with one attached hydrogen (secondary N) is 2. The molecular weight excluding hydrogens is 223 g/mol. The van der Waals surface area contributed by atoms with E-state index in [1.165, 1.54) is 0 Å². The van der Waals surface area contributed by atoms with Crippen molar-refractivity contribution in [3.8, 4) is 0 Å². The van der Waals surface area contributed by atoms with Crippen LogP contribution in [-0.4, -0.2) is 30.8 Å². The van der Waals surface area contributed by atoms with Gasteiger partial charge in [0.2, 0.25) is 0 Å². The second-order valence-corrected chi connectivity index (χ2v) is 4.00. The standard InChI is InChI=1S/C9H16F3N3O/c10-9(11,12)5-14-8(16)15-7-4-2-1-3-6(7)13/h6-7H,1-5,13H2,(H2,14,15,16). The van der Waals surface area contributed by atoms with Crippen LogP contribution in [0.5, 0.6) is 0 Å². The van der Waals surface area contributed by atoms with Crippen molar-refractivity contribution < 1.29 is 18.0 Å². The van der Waals surface area contributed by atoms with Gasteiger partial charge in [-0.25, -0.2) is 4.79 Å². The van der Waals surface area contributed by atoms with Crippen LogP contribution in [0.15, 0.2) is 0 Å². The minimum Gasteiger partial charge on any atom is -0.334 e. The fourth-order valence-electron chi connectivity index (χ4n) is 1.74. The van der Waals surface area contributed by atoms with Gasteiger partial charge in [0.1, 0.15) is 6.54 Å². The number of carbonyl (C=O) groups excluding carboxylic acids is 1. The van der Waals surface area contributed by atoms with Crippen LogP contribution in [0.2, 0.25) is 0 Å². The van der Waals surface area contributed by atoms with Crippen molar-refractivity contribution in [2.24, 2.45) is 5.73 Å². The Bertz CT molecular complexity index is 245. The summed E-state index contributed by atoms with van der Waals surface area (Å²) in [6, 6.07) is -1.19. The third-order valence-electron chi connectivity index (χ3n) is 2.59. The molecule has 0 saturated heterocycles. The van der Waals surface area contributed by atoms with E-state index in [9.17, 15) is 18.0 Å². The summed E-state index contributed by atoms with van der Waals surface area (Å²) in [5.41, 5.74) is 5.74. The smallest absolute Gasteiger partial charge is 0.334 e. The Balaban J connectivity index is 2.28. The molecule has 1 aliphatic carbocycles. The Hall–Kier alpha value is -0.980. The average Bonchev–Trinajstić information content (AvgIpc) is 2.18. The Kier molecular flexibility index (Phi) is 4.40. The lowest BCUT2D eigenvalue weighted by atomic mass is 9.91. The third-order valence-corrected chi connectivity index (χ3v) is 2.59. The highest BCUT2D eigenvalue weighted by Crippen LogP contribution is 2.17. The van der Waals surface area contributed by atoms with Crippen molar-refractivity contribution in [1.29, 1.82) is 0 Å². The van der Waals surface area contributed by atoms with E-state index in [-0.39, 0.29) is 12.1 Å². The molecule has 94 valence electrons. The second kappa shape index (κ2) is 5.38. The van der Waals surface area contributed by atoms with Crippen molar-refractivity contribution in [2.45, 2.75) is 43.9 Å². The zero-order chi connectivity index (χ0) is 12.2. The number of hydrogen-bond donors (Lipinski definition) is 3. The molecular formula is C9H16F3N3O. The molecule has 1 fully saturated rings. The predicted octanol–water partition coefficient (Wildman–Crippen LogP) is 1.12. The van der Waals surface area contributed by atoms with Crippen LogP contribution in [0.3, 0.4) is 0 Å². The van der Waals surface area contributed by atoms with Gasteiger partial charge in [-0.05, 0) is 12.8 Å². The molecule has 7 heteroatoms. The SMILES string of the molecule is NC1CCCCC1NC(=O)NCC(F)(F)F. The number of amides is 2. The molecule has 2 unspecified atom stereocenters. The van der Waals surface area contributed by atoms with E-state index in [1.807, 2.05) is 0 Å². The summed E-state index contributed by atoms with van der Waals surface area (Å²) in [7, 11) is 0. The lowest BCUT2D eigenvalue weighted by Crippen LogP contribution is -2.53. The van der Waals surface area contributed by atoms with Gasteiger partial charge >= 0.3 is 12.2 Å². The van der Waals surface area contributed by atoms with E-state index in [1.54, 1.807) is 5.32 Å². The quantitative estimate of drug-likeness (QED) is 0.676. The van der Waals surface area contributed by atoms with Crippen LogP contribution in [0.25, 0.3) is 0 Å². The first kappa shape index (κ1) is 13.1. The van der Waals surface area contributed by atoms with E-state index >= 15 is 0 Å². The van der Waals surface area contributed by atoms with Gasteiger partial charge in [-0.1, -0.05) is 12.8 Å². The third kappa shape index (κ3) is 4.69. The Morgan fingerprint density at radius 2 is 1.94 bits per heavy atom. The lowest BCUT2D eigenvalue weighted by Gasteiger charge is -2.29. The van der Waals surface area contributed by atoms with Gasteiger partial charge in [-0.15, -0.1) is 0 Å². The number of halogens is 3. The summed E-state index contributed by atoms with van der Waals surface area (Å²) in [6.07, 6.45) is -0.918. The summed E-state index contributed by atoms with van der Waals surface area (Å²) in [5.74, 6) is 0. The minimum absolute atomic E-state index is 0.162. The van der Waals surface area contributed by atoms with E-state index in [4.69, 9.17) is 5.73 Å². The molecule has 0 aromatic rings. The molecule has 0 aromatic heterocycles. The first-order chi connectivity index (χ1) is 7.38. The molecule has 1 rings (SSSR count). The molecule has 4 nitrogen and oxygen atoms in total. The number of urea groups is 1. The molecule has 0 aliphatic heterocycles. The summed E-state index contributed by atoms with van der Waals surface area (Å²) in [6.45, 7) is -1.32. The second-order valence-electron chi connectivity index (χ2n) is 4.00. The highest BCUT2D eigenvalue weighted by molar-refractivity contribution is 5.74. The zero-order valence-electron chi connectivity index (χ0n) is 8.81. The first-order valence-electron chi connectivity index (χ1n) is 5.25. The Labute approximate surface area is 91.8 Å². The molecule has 0 heterocycles. The van der Waals surface area contributed by atoms with E-state index in [0.717, 1.165) is 25.7 Å². The fourth-order valence-corrected chi connectivity index (χ4v) is 1.74. The van der Waals surface area contributed by atoms with Gasteiger partial charge < -0.3 is 16.4 Å². The molecule has 0 aromatic carbocycles. The average molecular weight is 239 g/mol. The zero-order valence-corrected chi connectivity index (χ0v) is 8.81. The largest absolute Gasteiger partial charge is 0.405 e. The molecule has 0 spiro atoms. The lowest BCUT2D eigenvalue weighted by molar-refractivity contribution is -0.122. The predicted molar refractivity (Wildman–Crippen MR) is 52.8 cm³/mol. The van der Waals surface area contributed by atoms with E-state index in [2.05, 4.69) is 5.32 Å². The van der Waals surface area contributed by atoms with Crippen LogP contribution in [0, 0.1) is 0 Å². The van der Waals surface area contributed by atoms with E-state index in [0.29, 0.717) is 0 Å². The van der Waals surface area contributed by atoms with Crippen molar-refractivity contribution in [3.05, 3.63) is 0 Å². The van der Waals surface area contributed by atoms with Crippen molar-refractivity contribution >= 4 is 6.03 Å². The molecule has 0 bridgehead atoms.